The third-order valence-electron chi connectivity index (χ3n) is 5.43. The zero-order valence-electron chi connectivity index (χ0n) is 19.1. The van der Waals surface area contributed by atoms with E-state index >= 15 is 0 Å². The molecule has 0 saturated carbocycles. The number of carbonyl (C=O) groups excluding carboxylic acids is 2. The smallest absolute Gasteiger partial charge is 0.416 e. The maximum absolute atomic E-state index is 13.1. The first-order chi connectivity index (χ1) is 17.6. The number of aromatic carboxylic acids is 1. The maximum Gasteiger partial charge on any atom is 0.416 e. The Hall–Kier alpha value is -4.12. The minimum Gasteiger partial charge on any atom is -0.478 e. The maximum atomic E-state index is 13.1. The third kappa shape index (κ3) is 6.56. The number of hydrogen-bond acceptors (Lipinski definition) is 5. The Bertz CT molecular complexity index is 1330. The molecule has 37 heavy (non-hydrogen) atoms. The molecule has 2 amide bonds. The molecule has 3 aromatic carbocycles. The largest absolute Gasteiger partial charge is 0.478 e. The molecule has 0 aromatic heterocycles. The summed E-state index contributed by atoms with van der Waals surface area (Å²) in [4.78, 5) is 42.9. The van der Waals surface area contributed by atoms with Crippen molar-refractivity contribution in [3.8, 4) is 0 Å². The second-order valence-electron chi connectivity index (χ2n) is 8.09. The van der Waals surface area contributed by atoms with Crippen LogP contribution in [-0.2, 0) is 22.3 Å². The second kappa shape index (κ2) is 10.9. The fraction of sp³-hybridized carbons (Fsp3) is 0.154. The average molecular weight is 528 g/mol. The summed E-state index contributed by atoms with van der Waals surface area (Å²) in [6, 6.07) is 18.9. The van der Waals surface area contributed by atoms with Gasteiger partial charge in [-0.05, 0) is 54.1 Å². The van der Waals surface area contributed by atoms with Crippen molar-refractivity contribution in [3.63, 3.8) is 0 Å². The van der Waals surface area contributed by atoms with Gasteiger partial charge in [0, 0.05) is 12.1 Å². The number of anilines is 1. The van der Waals surface area contributed by atoms with E-state index in [1.165, 1.54) is 41.3 Å². The molecule has 0 bridgehead atoms. The third-order valence-corrected chi connectivity index (χ3v) is 6.62. The van der Waals surface area contributed by atoms with Crippen molar-refractivity contribution in [2.75, 3.05) is 5.32 Å². The van der Waals surface area contributed by atoms with E-state index < -0.39 is 28.9 Å². The molecule has 3 aromatic rings. The first-order valence-electron chi connectivity index (χ1n) is 11.0. The molecule has 4 rings (SSSR count). The lowest BCUT2D eigenvalue weighted by Gasteiger charge is -2.32. The van der Waals surface area contributed by atoms with Crippen molar-refractivity contribution in [1.82, 2.24) is 4.90 Å². The highest BCUT2D eigenvalue weighted by molar-refractivity contribution is 8.15. The summed E-state index contributed by atoms with van der Waals surface area (Å²) in [5, 5.41) is 11.0. The van der Waals surface area contributed by atoms with Gasteiger partial charge in [-0.1, -0.05) is 42.1 Å². The molecule has 1 aliphatic heterocycles. The Kier molecular flexibility index (Phi) is 7.63. The number of thioether (sulfide) groups is 1. The van der Waals surface area contributed by atoms with E-state index in [1.54, 1.807) is 0 Å². The highest BCUT2D eigenvalue weighted by Gasteiger charge is 2.36. The van der Waals surface area contributed by atoms with Crippen molar-refractivity contribution < 1.29 is 32.7 Å². The Morgan fingerprint density at radius 2 is 1.65 bits per heavy atom. The van der Waals surface area contributed by atoms with Crippen LogP contribution in [0.5, 0.6) is 0 Å². The van der Waals surface area contributed by atoms with Crippen LogP contribution in [-0.4, -0.2) is 38.2 Å². The van der Waals surface area contributed by atoms with E-state index in [0.29, 0.717) is 5.69 Å². The van der Waals surface area contributed by atoms with Gasteiger partial charge in [-0.3, -0.25) is 14.5 Å². The number of rotatable bonds is 6. The van der Waals surface area contributed by atoms with Gasteiger partial charge >= 0.3 is 12.1 Å². The number of carbonyl (C=O) groups is 3. The van der Waals surface area contributed by atoms with Gasteiger partial charge in [-0.25, -0.2) is 9.79 Å². The fourth-order valence-electron chi connectivity index (χ4n) is 3.52. The van der Waals surface area contributed by atoms with Crippen LogP contribution in [0, 0.1) is 0 Å². The molecule has 1 aliphatic rings. The zero-order chi connectivity index (χ0) is 26.6. The molecule has 190 valence electrons. The standard InChI is InChI=1S/C26H20F3N3O4S/c27-26(28,29)18-8-12-20(13-9-18)31-25-32(15-16-4-2-1-3-5-16)22(33)14-21(37-25)23(34)30-19-10-6-17(7-11-19)24(35)36/h1-13,21H,14-15H2,(H,30,34)(H,35,36)/t21-/m0/s1. The summed E-state index contributed by atoms with van der Waals surface area (Å²) in [6.45, 7) is 0.178. The first kappa shape index (κ1) is 26.0. The summed E-state index contributed by atoms with van der Waals surface area (Å²) < 4.78 is 38.8. The lowest BCUT2D eigenvalue weighted by atomic mass is 10.2. The molecule has 0 unspecified atom stereocenters. The van der Waals surface area contributed by atoms with Crippen LogP contribution in [0.15, 0.2) is 83.9 Å². The van der Waals surface area contributed by atoms with Crippen molar-refractivity contribution in [3.05, 3.63) is 95.6 Å². The molecule has 1 saturated heterocycles. The van der Waals surface area contributed by atoms with Gasteiger partial charge in [0.25, 0.3) is 0 Å². The van der Waals surface area contributed by atoms with Crippen LogP contribution in [0.3, 0.4) is 0 Å². The van der Waals surface area contributed by atoms with Crippen molar-refractivity contribution in [1.29, 1.82) is 0 Å². The molecular weight excluding hydrogens is 507 g/mol. The minimum absolute atomic E-state index is 0.0581. The van der Waals surface area contributed by atoms with Crippen molar-refractivity contribution in [2.45, 2.75) is 24.4 Å². The molecule has 0 radical (unpaired) electrons. The summed E-state index contributed by atoms with van der Waals surface area (Å²) >= 11 is 1.03. The summed E-state index contributed by atoms with van der Waals surface area (Å²) in [5.41, 5.74) is 0.611. The van der Waals surface area contributed by atoms with E-state index in [1.807, 2.05) is 30.3 Å². The number of alkyl halides is 3. The Morgan fingerprint density at radius 1 is 1.00 bits per heavy atom. The number of aliphatic imine (C=N–C) groups is 1. The van der Waals surface area contributed by atoms with Gasteiger partial charge < -0.3 is 10.4 Å². The highest BCUT2D eigenvalue weighted by Crippen LogP contribution is 2.33. The minimum atomic E-state index is -4.49. The van der Waals surface area contributed by atoms with Gasteiger partial charge in [0.2, 0.25) is 11.8 Å². The number of carboxylic acids is 1. The molecule has 1 heterocycles. The number of nitrogens with one attached hydrogen (secondary N) is 1. The monoisotopic (exact) mass is 527 g/mol. The molecule has 11 heteroatoms. The van der Waals surface area contributed by atoms with E-state index in [9.17, 15) is 27.6 Å². The number of benzene rings is 3. The molecule has 0 aliphatic carbocycles. The van der Waals surface area contributed by atoms with Crippen molar-refractivity contribution in [2.24, 2.45) is 4.99 Å². The van der Waals surface area contributed by atoms with Gasteiger partial charge in [0.15, 0.2) is 5.17 Å². The highest BCUT2D eigenvalue weighted by atomic mass is 32.2. The van der Waals surface area contributed by atoms with Gasteiger partial charge in [0.05, 0.1) is 23.4 Å². The number of amides is 2. The number of halogens is 3. The van der Waals surface area contributed by atoms with Crippen LogP contribution in [0.25, 0.3) is 0 Å². The zero-order valence-corrected chi connectivity index (χ0v) is 19.9. The first-order valence-corrected chi connectivity index (χ1v) is 11.9. The van der Waals surface area contributed by atoms with E-state index in [4.69, 9.17) is 5.11 Å². The number of nitrogens with zero attached hydrogens (tertiary/aromatic N) is 2. The van der Waals surface area contributed by atoms with Crippen molar-refractivity contribution >= 4 is 46.1 Å². The second-order valence-corrected chi connectivity index (χ2v) is 9.26. The topological polar surface area (TPSA) is 99.1 Å². The Morgan fingerprint density at radius 3 is 2.24 bits per heavy atom. The molecule has 2 N–H and O–H groups in total. The lowest BCUT2D eigenvalue weighted by Crippen LogP contribution is -2.44. The predicted octanol–water partition coefficient (Wildman–Crippen LogP) is 5.56. The number of carboxylic acid groups (broad SMARTS) is 1. The van der Waals surface area contributed by atoms with Crippen LogP contribution >= 0.6 is 11.8 Å². The van der Waals surface area contributed by atoms with E-state index in [-0.39, 0.29) is 35.3 Å². The average Bonchev–Trinajstić information content (AvgIpc) is 2.86. The predicted molar refractivity (Wildman–Crippen MR) is 134 cm³/mol. The molecular formula is C26H20F3N3O4S. The molecule has 7 nitrogen and oxygen atoms in total. The van der Waals surface area contributed by atoms with Gasteiger partial charge in [-0.2, -0.15) is 13.2 Å². The van der Waals surface area contributed by atoms with Crippen LogP contribution in [0.4, 0.5) is 24.5 Å². The Labute approximate surface area is 214 Å². The quantitative estimate of drug-likeness (QED) is 0.437. The van der Waals surface area contributed by atoms with Crippen LogP contribution < -0.4 is 5.32 Å². The van der Waals surface area contributed by atoms with Gasteiger partial charge in [0.1, 0.15) is 5.25 Å². The lowest BCUT2D eigenvalue weighted by molar-refractivity contribution is -0.137. The summed E-state index contributed by atoms with van der Waals surface area (Å²) in [7, 11) is 0. The number of amidine groups is 1. The summed E-state index contributed by atoms with van der Waals surface area (Å²) in [5.74, 6) is -1.95. The normalized spacial score (nSPS) is 17.1. The molecule has 1 fully saturated rings. The fourth-order valence-corrected chi connectivity index (χ4v) is 4.62. The van der Waals surface area contributed by atoms with Crippen LogP contribution in [0.1, 0.15) is 27.9 Å². The van der Waals surface area contributed by atoms with Crippen LogP contribution in [0.2, 0.25) is 0 Å². The van der Waals surface area contributed by atoms with Gasteiger partial charge in [-0.15, -0.1) is 0 Å². The Balaban J connectivity index is 1.58. The van der Waals surface area contributed by atoms with E-state index in [0.717, 1.165) is 29.5 Å². The molecule has 1 atom stereocenters. The SMILES string of the molecule is O=C(O)c1ccc(NC(=O)[C@@H]2CC(=O)N(Cc3ccccc3)C(=Nc3ccc(C(F)(F)F)cc3)S2)cc1. The number of hydrogen-bond donors (Lipinski definition) is 2. The summed E-state index contributed by atoms with van der Waals surface area (Å²) in [6.07, 6.45) is -4.62. The van der Waals surface area contributed by atoms with E-state index in [2.05, 4.69) is 10.3 Å². The molecule has 0 spiro atoms.